The van der Waals surface area contributed by atoms with Gasteiger partial charge in [-0.3, -0.25) is 9.78 Å². The van der Waals surface area contributed by atoms with E-state index in [0.29, 0.717) is 11.2 Å². The van der Waals surface area contributed by atoms with Crippen LogP contribution < -0.4 is 5.32 Å². The minimum atomic E-state index is -0.619. The number of nitrogens with one attached hydrogen (secondary N) is 1. The highest BCUT2D eigenvalue weighted by Gasteiger charge is 2.39. The Balaban J connectivity index is 1.33. The fraction of sp³-hybridized carbons (Fsp3) is 0.523. The summed E-state index contributed by atoms with van der Waals surface area (Å²) in [6.07, 6.45) is 16.0. The Morgan fingerprint density at radius 3 is 2.10 bits per heavy atom. The average molecular weight is 709 g/mol. The van der Waals surface area contributed by atoms with Gasteiger partial charge in [-0.15, -0.1) is 0 Å². The summed E-state index contributed by atoms with van der Waals surface area (Å²) in [6.45, 7) is 9.78. The number of aliphatic hydroxyl groups excluding tert-OH is 1. The zero-order valence-corrected chi connectivity index (χ0v) is 31.6. The lowest BCUT2D eigenvalue weighted by Gasteiger charge is -2.43. The number of nitrogens with zero attached hydrogens (tertiary/aromatic N) is 3. The van der Waals surface area contributed by atoms with Crippen LogP contribution in [0.5, 0.6) is 0 Å². The molecule has 4 atom stereocenters. The zero-order chi connectivity index (χ0) is 36.5. The van der Waals surface area contributed by atoms with Crippen LogP contribution in [0.4, 0.5) is 5.69 Å². The molecule has 8 nitrogen and oxygen atoms in total. The van der Waals surface area contributed by atoms with Crippen molar-refractivity contribution >= 4 is 22.6 Å². The van der Waals surface area contributed by atoms with Crippen LogP contribution in [0.15, 0.2) is 79.0 Å². The van der Waals surface area contributed by atoms with E-state index in [9.17, 15) is 9.90 Å². The normalized spacial score (nSPS) is 18.9. The summed E-state index contributed by atoms with van der Waals surface area (Å²) in [5.41, 5.74) is 5.10. The third-order valence-corrected chi connectivity index (χ3v) is 10.3. The maximum Gasteiger partial charge on any atom is 0.275 e. The first kappa shape index (κ1) is 39.5. The number of aliphatic hydroxyl groups is 1. The SMILES string of the molecule is CCCCCCCCN(CCCCCCCC)C[C@@H]1O[C@H](c2cccc(NC(=O)c3cnc4ccccc4n3)c2)O[C@H](c2ccc(CO)cc2)[C@@H]1C. The second kappa shape index (κ2) is 21.1. The van der Waals surface area contributed by atoms with Gasteiger partial charge in [0.15, 0.2) is 6.29 Å². The Bertz CT molecular complexity index is 1630. The summed E-state index contributed by atoms with van der Waals surface area (Å²) >= 11 is 0. The topological polar surface area (TPSA) is 96.8 Å². The number of para-hydroxylation sites is 2. The van der Waals surface area contributed by atoms with Crippen LogP contribution in [-0.2, 0) is 16.1 Å². The number of hydrogen-bond acceptors (Lipinski definition) is 7. The number of carbonyl (C=O) groups is 1. The predicted octanol–water partition coefficient (Wildman–Crippen LogP) is 10.2. The lowest BCUT2D eigenvalue weighted by Crippen LogP contribution is -2.45. The third-order valence-electron chi connectivity index (χ3n) is 10.3. The fourth-order valence-electron chi connectivity index (χ4n) is 7.13. The minimum Gasteiger partial charge on any atom is -0.392 e. The number of ether oxygens (including phenoxy) is 2. The number of aromatic nitrogens is 2. The van der Waals surface area contributed by atoms with Gasteiger partial charge in [-0.1, -0.05) is 134 Å². The first-order valence-corrected chi connectivity index (χ1v) is 19.8. The molecule has 1 saturated heterocycles. The van der Waals surface area contributed by atoms with E-state index in [1.165, 1.54) is 83.2 Å². The van der Waals surface area contributed by atoms with E-state index in [2.05, 4.69) is 53.1 Å². The van der Waals surface area contributed by atoms with Crippen molar-refractivity contribution in [1.82, 2.24) is 14.9 Å². The van der Waals surface area contributed by atoms with Crippen LogP contribution in [0.2, 0.25) is 0 Å². The second-order valence-electron chi connectivity index (χ2n) is 14.5. The molecule has 0 bridgehead atoms. The Morgan fingerprint density at radius 2 is 1.42 bits per heavy atom. The van der Waals surface area contributed by atoms with Gasteiger partial charge in [-0.25, -0.2) is 4.98 Å². The number of anilines is 1. The Labute approximate surface area is 311 Å². The summed E-state index contributed by atoms with van der Waals surface area (Å²) in [4.78, 5) is 24.8. The van der Waals surface area contributed by atoms with Gasteiger partial charge >= 0.3 is 0 Å². The van der Waals surface area contributed by atoms with Crippen molar-refractivity contribution in [3.05, 3.63) is 101 Å². The highest BCUT2D eigenvalue weighted by Crippen LogP contribution is 2.42. The number of hydrogen-bond donors (Lipinski definition) is 2. The lowest BCUT2D eigenvalue weighted by atomic mass is 9.90. The number of fused-ring (bicyclic) bond motifs is 1. The third kappa shape index (κ3) is 11.7. The van der Waals surface area contributed by atoms with Crippen molar-refractivity contribution in [1.29, 1.82) is 0 Å². The molecule has 8 heteroatoms. The second-order valence-corrected chi connectivity index (χ2v) is 14.5. The molecule has 1 aliphatic rings. The molecule has 1 aliphatic heterocycles. The van der Waals surface area contributed by atoms with Crippen molar-refractivity contribution in [3.8, 4) is 0 Å². The monoisotopic (exact) mass is 708 g/mol. The highest BCUT2D eigenvalue weighted by molar-refractivity contribution is 6.03. The number of carbonyl (C=O) groups excluding carboxylic acids is 1. The summed E-state index contributed by atoms with van der Waals surface area (Å²) < 4.78 is 13.7. The van der Waals surface area contributed by atoms with Crippen LogP contribution in [0.25, 0.3) is 11.0 Å². The van der Waals surface area contributed by atoms with Gasteiger partial charge in [0.25, 0.3) is 5.91 Å². The van der Waals surface area contributed by atoms with Crippen molar-refractivity contribution in [2.24, 2.45) is 5.92 Å². The lowest BCUT2D eigenvalue weighted by molar-refractivity contribution is -0.276. The molecule has 2 N–H and O–H groups in total. The average Bonchev–Trinajstić information content (AvgIpc) is 3.18. The molecule has 0 radical (unpaired) electrons. The van der Waals surface area contributed by atoms with Crippen molar-refractivity contribution in [3.63, 3.8) is 0 Å². The molecule has 0 saturated carbocycles. The van der Waals surface area contributed by atoms with Gasteiger partial charge in [0.1, 0.15) is 5.69 Å². The van der Waals surface area contributed by atoms with E-state index in [1.54, 1.807) is 0 Å². The largest absolute Gasteiger partial charge is 0.392 e. The molecule has 3 aromatic carbocycles. The van der Waals surface area contributed by atoms with Gasteiger partial charge in [-0.05, 0) is 61.3 Å². The van der Waals surface area contributed by atoms with Crippen LogP contribution in [0, 0.1) is 5.92 Å². The summed E-state index contributed by atoms with van der Waals surface area (Å²) in [5.74, 6) is -0.225. The summed E-state index contributed by atoms with van der Waals surface area (Å²) in [5, 5.41) is 12.7. The molecular formula is C44H60N4O4. The number of benzene rings is 3. The number of amides is 1. The van der Waals surface area contributed by atoms with Crippen LogP contribution in [0.1, 0.15) is 137 Å². The van der Waals surface area contributed by atoms with Gasteiger partial charge in [0.2, 0.25) is 0 Å². The first-order chi connectivity index (χ1) is 25.5. The Morgan fingerprint density at radius 1 is 0.769 bits per heavy atom. The van der Waals surface area contributed by atoms with Crippen LogP contribution in [0.3, 0.4) is 0 Å². The van der Waals surface area contributed by atoms with Crippen LogP contribution >= 0.6 is 0 Å². The van der Waals surface area contributed by atoms with E-state index >= 15 is 0 Å². The van der Waals surface area contributed by atoms with E-state index in [1.807, 2.05) is 60.7 Å². The van der Waals surface area contributed by atoms with Crippen molar-refractivity contribution in [2.75, 3.05) is 25.0 Å². The molecule has 280 valence electrons. The number of rotatable bonds is 21. The van der Waals surface area contributed by atoms with Crippen molar-refractivity contribution in [2.45, 2.75) is 123 Å². The number of unbranched alkanes of at least 4 members (excludes halogenated alkanes) is 10. The minimum absolute atomic E-state index is 0.00483. The van der Waals surface area contributed by atoms with Crippen molar-refractivity contribution < 1.29 is 19.4 Å². The van der Waals surface area contributed by atoms with Gasteiger partial charge in [0, 0.05) is 23.7 Å². The summed E-state index contributed by atoms with van der Waals surface area (Å²) in [7, 11) is 0. The quantitative estimate of drug-likeness (QED) is 0.0832. The van der Waals surface area contributed by atoms with Gasteiger partial charge < -0.3 is 24.8 Å². The molecule has 0 spiro atoms. The van der Waals surface area contributed by atoms with E-state index in [0.717, 1.165) is 41.8 Å². The molecule has 1 fully saturated rings. The predicted molar refractivity (Wildman–Crippen MR) is 210 cm³/mol. The van der Waals surface area contributed by atoms with Crippen LogP contribution in [-0.4, -0.2) is 51.6 Å². The highest BCUT2D eigenvalue weighted by atomic mass is 16.7. The molecule has 0 aliphatic carbocycles. The molecule has 1 aromatic heterocycles. The smallest absolute Gasteiger partial charge is 0.275 e. The molecule has 0 unspecified atom stereocenters. The molecule has 5 rings (SSSR count). The molecule has 4 aromatic rings. The molecule has 1 amide bonds. The summed E-state index contributed by atoms with van der Waals surface area (Å²) in [6, 6.07) is 23.3. The fourth-order valence-corrected chi connectivity index (χ4v) is 7.13. The van der Waals surface area contributed by atoms with Gasteiger partial charge in [0.05, 0.1) is 36.0 Å². The Kier molecular flexibility index (Phi) is 16.1. The maximum atomic E-state index is 13.3. The van der Waals surface area contributed by atoms with E-state index < -0.39 is 6.29 Å². The van der Waals surface area contributed by atoms with Gasteiger partial charge in [-0.2, -0.15) is 0 Å². The van der Waals surface area contributed by atoms with E-state index in [4.69, 9.17) is 9.47 Å². The first-order valence-electron chi connectivity index (χ1n) is 19.8. The van der Waals surface area contributed by atoms with E-state index in [-0.39, 0.29) is 36.3 Å². The molecular weight excluding hydrogens is 649 g/mol. The molecule has 2 heterocycles. The zero-order valence-electron chi connectivity index (χ0n) is 31.6. The standard InChI is InChI=1S/C44H60N4O4/c1-4-6-8-10-12-16-27-48(28-17-13-11-9-7-5-2)31-41-33(3)42(35-25-23-34(32-49)24-26-35)52-44(51-41)36-19-18-20-37(29-36)46-43(50)40-30-45-38-21-14-15-22-39(38)47-40/h14-15,18-26,29-30,33,41-42,44,49H,4-13,16-17,27-28,31-32H2,1-3H3,(H,46,50)/t33-,41+,42+,44+/m1/s1. The maximum absolute atomic E-state index is 13.3. The molecule has 52 heavy (non-hydrogen) atoms. The Hall–Kier alpha value is -3.69.